The zero-order chi connectivity index (χ0) is 12.4. The lowest BCUT2D eigenvalue weighted by molar-refractivity contribution is 0.861. The van der Waals surface area contributed by atoms with Gasteiger partial charge in [-0.2, -0.15) is 0 Å². The molecule has 2 N–H and O–H groups in total. The molecule has 0 aliphatic carbocycles. The maximum atomic E-state index is 6.28. The number of hydrogen-bond acceptors (Lipinski definition) is 1. The maximum Gasteiger partial charge on any atom is 0.0569 e. The Morgan fingerprint density at radius 2 is 1.82 bits per heavy atom. The van der Waals surface area contributed by atoms with Gasteiger partial charge in [0.25, 0.3) is 0 Å². The third-order valence-electron chi connectivity index (χ3n) is 2.82. The number of hydrogen-bond donors (Lipinski definition) is 1. The van der Waals surface area contributed by atoms with E-state index in [9.17, 15) is 0 Å². The first-order valence-electron chi connectivity index (χ1n) is 5.35. The molecule has 0 saturated heterocycles. The van der Waals surface area contributed by atoms with Gasteiger partial charge >= 0.3 is 0 Å². The highest BCUT2D eigenvalue weighted by molar-refractivity contribution is 9.10. The second-order valence-electron chi connectivity index (χ2n) is 4.00. The molecule has 1 unspecified atom stereocenters. The van der Waals surface area contributed by atoms with Gasteiger partial charge in [0.15, 0.2) is 0 Å². The van der Waals surface area contributed by atoms with Crippen LogP contribution in [0.3, 0.4) is 0 Å². The topological polar surface area (TPSA) is 26.0 Å². The van der Waals surface area contributed by atoms with Gasteiger partial charge < -0.3 is 5.73 Å². The molecule has 0 aliphatic rings. The average molecular weight is 311 g/mol. The first-order valence-corrected chi connectivity index (χ1v) is 6.52. The minimum absolute atomic E-state index is 0.193. The fourth-order valence-corrected chi connectivity index (χ4v) is 2.47. The summed E-state index contributed by atoms with van der Waals surface area (Å²) in [4.78, 5) is 0. The van der Waals surface area contributed by atoms with Gasteiger partial charge in [-0.05, 0) is 41.8 Å². The van der Waals surface area contributed by atoms with Gasteiger partial charge in [-0.1, -0.05) is 51.8 Å². The highest BCUT2D eigenvalue weighted by atomic mass is 79.9. The molecule has 17 heavy (non-hydrogen) atoms. The van der Waals surface area contributed by atoms with Crippen molar-refractivity contribution in [1.82, 2.24) is 0 Å². The monoisotopic (exact) mass is 309 g/mol. The van der Waals surface area contributed by atoms with Crippen LogP contribution in [0.15, 0.2) is 46.9 Å². The maximum absolute atomic E-state index is 6.28. The first-order chi connectivity index (χ1) is 8.09. The van der Waals surface area contributed by atoms with Crippen molar-refractivity contribution in [3.8, 4) is 0 Å². The highest BCUT2D eigenvalue weighted by Gasteiger charge is 2.14. The van der Waals surface area contributed by atoms with Gasteiger partial charge in [-0.15, -0.1) is 0 Å². The van der Waals surface area contributed by atoms with Gasteiger partial charge in [-0.3, -0.25) is 0 Å². The van der Waals surface area contributed by atoms with E-state index in [0.29, 0.717) is 5.02 Å². The summed E-state index contributed by atoms with van der Waals surface area (Å²) in [7, 11) is 0. The summed E-state index contributed by atoms with van der Waals surface area (Å²) in [5.74, 6) is 0. The zero-order valence-electron chi connectivity index (χ0n) is 9.45. The smallest absolute Gasteiger partial charge is 0.0569 e. The normalized spacial score (nSPS) is 12.5. The molecule has 0 aromatic heterocycles. The first kappa shape index (κ1) is 12.6. The minimum Gasteiger partial charge on any atom is -0.320 e. The number of rotatable bonds is 2. The Morgan fingerprint density at radius 1 is 1.12 bits per heavy atom. The number of aryl methyl sites for hydroxylation is 1. The van der Waals surface area contributed by atoms with Crippen molar-refractivity contribution in [3.05, 3.63) is 68.7 Å². The van der Waals surface area contributed by atoms with Crippen LogP contribution >= 0.6 is 27.5 Å². The van der Waals surface area contributed by atoms with E-state index in [2.05, 4.69) is 28.9 Å². The lowest BCUT2D eigenvalue weighted by Crippen LogP contribution is -2.13. The summed E-state index contributed by atoms with van der Waals surface area (Å²) >= 11 is 9.63. The Labute approximate surface area is 115 Å². The molecule has 2 aromatic rings. The molecule has 0 amide bonds. The zero-order valence-corrected chi connectivity index (χ0v) is 11.8. The number of nitrogens with two attached hydrogens (primary N) is 1. The summed E-state index contributed by atoms with van der Waals surface area (Å²) in [6.07, 6.45) is 0. The summed E-state index contributed by atoms with van der Waals surface area (Å²) in [6, 6.07) is 13.6. The van der Waals surface area contributed by atoms with Crippen molar-refractivity contribution in [1.29, 1.82) is 0 Å². The third-order valence-corrected chi connectivity index (χ3v) is 3.65. The fraction of sp³-hybridized carbons (Fsp3) is 0.143. The molecule has 0 radical (unpaired) electrons. The second-order valence-corrected chi connectivity index (χ2v) is 5.32. The van der Waals surface area contributed by atoms with E-state index in [1.54, 1.807) is 0 Å². The molecule has 0 bridgehead atoms. The molecule has 3 heteroatoms. The summed E-state index contributed by atoms with van der Waals surface area (Å²) in [5.41, 5.74) is 9.50. The van der Waals surface area contributed by atoms with Gasteiger partial charge in [0, 0.05) is 9.50 Å². The summed E-state index contributed by atoms with van der Waals surface area (Å²) in [5, 5.41) is 0.698. The predicted octanol–water partition coefficient (Wildman–Crippen LogP) is 4.46. The van der Waals surface area contributed by atoms with E-state index in [4.69, 9.17) is 17.3 Å². The molecule has 1 nitrogen and oxygen atoms in total. The number of halogens is 2. The minimum atomic E-state index is -0.193. The van der Waals surface area contributed by atoms with Crippen molar-refractivity contribution < 1.29 is 0 Å². The van der Waals surface area contributed by atoms with Crippen LogP contribution in [-0.2, 0) is 0 Å². The molecule has 0 fully saturated rings. The quantitative estimate of drug-likeness (QED) is 0.871. The van der Waals surface area contributed by atoms with Crippen LogP contribution in [0.2, 0.25) is 5.02 Å². The van der Waals surface area contributed by atoms with Crippen LogP contribution in [0.25, 0.3) is 0 Å². The van der Waals surface area contributed by atoms with E-state index < -0.39 is 0 Å². The van der Waals surface area contributed by atoms with Crippen molar-refractivity contribution in [2.24, 2.45) is 5.73 Å². The molecule has 0 aliphatic heterocycles. The van der Waals surface area contributed by atoms with Gasteiger partial charge in [0.2, 0.25) is 0 Å². The molecule has 0 spiro atoms. The molecule has 0 heterocycles. The lowest BCUT2D eigenvalue weighted by atomic mass is 9.96. The fourth-order valence-electron chi connectivity index (χ4n) is 1.86. The van der Waals surface area contributed by atoms with Gasteiger partial charge in [-0.25, -0.2) is 0 Å². The Hall–Kier alpha value is -0.830. The van der Waals surface area contributed by atoms with Crippen LogP contribution in [0.5, 0.6) is 0 Å². The van der Waals surface area contributed by atoms with Crippen LogP contribution < -0.4 is 5.73 Å². The largest absolute Gasteiger partial charge is 0.320 e. The van der Waals surface area contributed by atoms with Crippen LogP contribution in [0.4, 0.5) is 0 Å². The number of benzene rings is 2. The molecule has 2 aromatic carbocycles. The van der Waals surface area contributed by atoms with Crippen molar-refractivity contribution in [3.63, 3.8) is 0 Å². The van der Waals surface area contributed by atoms with E-state index in [0.717, 1.165) is 15.6 Å². The Morgan fingerprint density at radius 3 is 2.53 bits per heavy atom. The highest BCUT2D eigenvalue weighted by Crippen LogP contribution is 2.30. The van der Waals surface area contributed by atoms with Crippen LogP contribution in [0, 0.1) is 6.92 Å². The van der Waals surface area contributed by atoms with Crippen LogP contribution in [0.1, 0.15) is 22.7 Å². The SMILES string of the molecule is Cc1ccccc1C(N)c1cc(Br)ccc1Cl. The Kier molecular flexibility index (Phi) is 3.87. The predicted molar refractivity (Wildman–Crippen MR) is 76.4 cm³/mol. The standard InChI is InChI=1S/C14H13BrClN/c1-9-4-2-3-5-11(9)14(17)12-8-10(15)6-7-13(12)16/h2-8,14H,17H2,1H3. The Balaban J connectivity index is 2.47. The van der Waals surface area contributed by atoms with Crippen molar-refractivity contribution in [2.45, 2.75) is 13.0 Å². The molecule has 1 atom stereocenters. The molecule has 88 valence electrons. The molecule has 2 rings (SSSR count). The van der Waals surface area contributed by atoms with E-state index in [1.165, 1.54) is 5.56 Å². The van der Waals surface area contributed by atoms with Crippen molar-refractivity contribution >= 4 is 27.5 Å². The summed E-state index contributed by atoms with van der Waals surface area (Å²) in [6.45, 7) is 2.06. The van der Waals surface area contributed by atoms with Gasteiger partial charge in [0.1, 0.15) is 0 Å². The van der Waals surface area contributed by atoms with Gasteiger partial charge in [0.05, 0.1) is 6.04 Å². The second kappa shape index (κ2) is 5.21. The third kappa shape index (κ3) is 2.71. The van der Waals surface area contributed by atoms with Crippen molar-refractivity contribution in [2.75, 3.05) is 0 Å². The molecular weight excluding hydrogens is 298 g/mol. The van der Waals surface area contributed by atoms with E-state index in [-0.39, 0.29) is 6.04 Å². The average Bonchev–Trinajstić information content (AvgIpc) is 2.32. The van der Waals surface area contributed by atoms with E-state index >= 15 is 0 Å². The van der Waals surface area contributed by atoms with Crippen LogP contribution in [-0.4, -0.2) is 0 Å². The molecule has 0 saturated carbocycles. The van der Waals surface area contributed by atoms with E-state index in [1.807, 2.05) is 36.4 Å². The lowest BCUT2D eigenvalue weighted by Gasteiger charge is -2.16. The summed E-state index contributed by atoms with van der Waals surface area (Å²) < 4.78 is 0.987. The Bertz CT molecular complexity index is 539. The molecular formula is C14H13BrClN.